The first-order valence-corrected chi connectivity index (χ1v) is 8.24. The molecular formula is C17H23Cl2NO. The second-order valence-electron chi connectivity index (χ2n) is 6.36. The molecule has 2 rings (SSSR count). The molecular weight excluding hydrogens is 305 g/mol. The molecule has 0 radical (unpaired) electrons. The van der Waals surface area contributed by atoms with Crippen molar-refractivity contribution in [3.8, 4) is 0 Å². The van der Waals surface area contributed by atoms with Gasteiger partial charge < -0.3 is 9.73 Å². The number of furan rings is 1. The largest absolute Gasteiger partial charge is 0.458 e. The van der Waals surface area contributed by atoms with E-state index in [1.165, 1.54) is 5.56 Å². The first-order chi connectivity index (χ1) is 9.90. The molecule has 0 bridgehead atoms. The molecule has 0 saturated heterocycles. The normalized spacial score (nSPS) is 12.0. The van der Waals surface area contributed by atoms with Crippen LogP contribution in [-0.4, -0.2) is 6.54 Å². The molecule has 1 N–H and O–H groups in total. The summed E-state index contributed by atoms with van der Waals surface area (Å²) in [6, 6.07) is 3.64. The number of fused-ring (bicyclic) bond motifs is 1. The predicted molar refractivity (Wildman–Crippen MR) is 91.3 cm³/mol. The second-order valence-corrected chi connectivity index (χ2v) is 7.17. The Kier molecular flexibility index (Phi) is 5.59. The quantitative estimate of drug-likeness (QED) is 0.737. The Morgan fingerprint density at radius 2 is 1.71 bits per heavy atom. The van der Waals surface area contributed by atoms with Crippen molar-refractivity contribution < 1.29 is 4.42 Å². The lowest BCUT2D eigenvalue weighted by Gasteiger charge is -2.09. The summed E-state index contributed by atoms with van der Waals surface area (Å²) in [6.07, 6.45) is 0.936. The van der Waals surface area contributed by atoms with Crippen LogP contribution in [-0.2, 0) is 13.0 Å². The average molecular weight is 328 g/mol. The van der Waals surface area contributed by atoms with Gasteiger partial charge in [0.2, 0.25) is 0 Å². The van der Waals surface area contributed by atoms with Crippen LogP contribution in [0.4, 0.5) is 0 Å². The smallest absolute Gasteiger partial charge is 0.154 e. The van der Waals surface area contributed by atoms with Crippen LogP contribution in [0.2, 0.25) is 10.0 Å². The molecule has 1 heterocycles. The molecule has 0 spiro atoms. The van der Waals surface area contributed by atoms with Gasteiger partial charge in [0.1, 0.15) is 5.76 Å². The molecule has 0 fully saturated rings. The van der Waals surface area contributed by atoms with Crippen molar-refractivity contribution in [3.05, 3.63) is 33.5 Å². The first-order valence-electron chi connectivity index (χ1n) is 7.49. The van der Waals surface area contributed by atoms with Gasteiger partial charge in [0.05, 0.1) is 16.6 Å². The highest BCUT2D eigenvalue weighted by Gasteiger charge is 2.19. The zero-order valence-corrected chi connectivity index (χ0v) is 14.6. The molecule has 0 atom stereocenters. The summed E-state index contributed by atoms with van der Waals surface area (Å²) in [5, 5.41) is 5.74. The summed E-state index contributed by atoms with van der Waals surface area (Å²) < 4.78 is 6.01. The van der Waals surface area contributed by atoms with Crippen molar-refractivity contribution in [2.24, 2.45) is 11.8 Å². The summed E-state index contributed by atoms with van der Waals surface area (Å²) in [6.45, 7) is 10.4. The van der Waals surface area contributed by atoms with Crippen molar-refractivity contribution in [1.29, 1.82) is 0 Å². The van der Waals surface area contributed by atoms with Gasteiger partial charge in [-0.2, -0.15) is 0 Å². The Labute approximate surface area is 136 Å². The van der Waals surface area contributed by atoms with Crippen LogP contribution in [0.25, 0.3) is 11.0 Å². The van der Waals surface area contributed by atoms with E-state index in [1.54, 1.807) is 6.07 Å². The van der Waals surface area contributed by atoms with E-state index in [1.807, 2.05) is 6.07 Å². The van der Waals surface area contributed by atoms with E-state index in [0.29, 0.717) is 34.0 Å². The molecule has 0 unspecified atom stereocenters. The summed E-state index contributed by atoms with van der Waals surface area (Å²) in [4.78, 5) is 0. The van der Waals surface area contributed by atoms with Crippen LogP contribution in [0.3, 0.4) is 0 Å². The topological polar surface area (TPSA) is 25.2 Å². The van der Waals surface area contributed by atoms with Crippen LogP contribution < -0.4 is 5.32 Å². The van der Waals surface area contributed by atoms with Crippen molar-refractivity contribution in [2.75, 3.05) is 6.54 Å². The predicted octanol–water partition coefficient (Wildman–Crippen LogP) is 5.68. The zero-order chi connectivity index (χ0) is 15.6. The van der Waals surface area contributed by atoms with Crippen molar-refractivity contribution >= 4 is 34.2 Å². The molecule has 2 nitrogen and oxygen atoms in total. The molecule has 116 valence electrons. The van der Waals surface area contributed by atoms with Gasteiger partial charge in [0.15, 0.2) is 5.58 Å². The number of rotatable bonds is 6. The van der Waals surface area contributed by atoms with Gasteiger partial charge in [0, 0.05) is 10.9 Å². The molecule has 1 aromatic heterocycles. The third kappa shape index (κ3) is 3.94. The molecule has 4 heteroatoms. The summed E-state index contributed by atoms with van der Waals surface area (Å²) in [5.74, 6) is 2.09. The maximum absolute atomic E-state index is 6.38. The molecule has 0 aliphatic rings. The van der Waals surface area contributed by atoms with Gasteiger partial charge in [-0.3, -0.25) is 0 Å². The molecule has 0 aliphatic carbocycles. The second kappa shape index (κ2) is 7.04. The Morgan fingerprint density at radius 3 is 2.33 bits per heavy atom. The van der Waals surface area contributed by atoms with Crippen LogP contribution in [0.15, 0.2) is 16.5 Å². The molecule has 2 aromatic rings. The lowest BCUT2D eigenvalue weighted by atomic mass is 9.99. The maximum atomic E-state index is 6.38. The lowest BCUT2D eigenvalue weighted by Crippen LogP contribution is -2.19. The summed E-state index contributed by atoms with van der Waals surface area (Å²) in [7, 11) is 0. The highest BCUT2D eigenvalue weighted by atomic mass is 35.5. The number of benzene rings is 1. The standard InChI is InChI=1S/C17H23Cl2NO/c1-10(2)7-12-15(9-20-8-11(3)4)21-17-14(19)6-5-13(18)16(12)17/h5-6,10-11,20H,7-9H2,1-4H3. The van der Waals surface area contributed by atoms with Gasteiger partial charge >= 0.3 is 0 Å². The molecule has 0 saturated carbocycles. The van der Waals surface area contributed by atoms with Gasteiger partial charge in [-0.25, -0.2) is 0 Å². The Morgan fingerprint density at radius 1 is 1.05 bits per heavy atom. The Hall–Kier alpha value is -0.700. The molecule has 0 aliphatic heterocycles. The number of hydrogen-bond donors (Lipinski definition) is 1. The van der Waals surface area contributed by atoms with Gasteiger partial charge in [0.25, 0.3) is 0 Å². The van der Waals surface area contributed by atoms with E-state index >= 15 is 0 Å². The lowest BCUT2D eigenvalue weighted by molar-refractivity contribution is 0.477. The van der Waals surface area contributed by atoms with E-state index in [4.69, 9.17) is 27.6 Å². The minimum Gasteiger partial charge on any atom is -0.458 e. The number of halogens is 2. The minimum absolute atomic E-state index is 0.532. The van der Waals surface area contributed by atoms with Crippen molar-refractivity contribution in [3.63, 3.8) is 0 Å². The SMILES string of the molecule is CC(C)CNCc1oc2c(Cl)ccc(Cl)c2c1CC(C)C. The highest BCUT2D eigenvalue weighted by Crippen LogP contribution is 2.37. The van der Waals surface area contributed by atoms with E-state index in [9.17, 15) is 0 Å². The third-order valence-electron chi connectivity index (χ3n) is 3.37. The van der Waals surface area contributed by atoms with Gasteiger partial charge in [-0.1, -0.05) is 50.9 Å². The monoisotopic (exact) mass is 327 g/mol. The summed E-state index contributed by atoms with van der Waals surface area (Å²) in [5.41, 5.74) is 1.89. The minimum atomic E-state index is 0.532. The van der Waals surface area contributed by atoms with Crippen LogP contribution in [0.5, 0.6) is 0 Å². The van der Waals surface area contributed by atoms with Gasteiger partial charge in [-0.15, -0.1) is 0 Å². The molecule has 0 amide bonds. The van der Waals surface area contributed by atoms with Crippen molar-refractivity contribution in [2.45, 2.75) is 40.7 Å². The Balaban J connectivity index is 2.42. The van der Waals surface area contributed by atoms with E-state index in [2.05, 4.69) is 33.0 Å². The molecule has 1 aromatic carbocycles. The van der Waals surface area contributed by atoms with E-state index in [-0.39, 0.29) is 0 Å². The number of nitrogens with one attached hydrogen (secondary N) is 1. The molecule has 21 heavy (non-hydrogen) atoms. The van der Waals surface area contributed by atoms with E-state index in [0.717, 1.165) is 24.1 Å². The van der Waals surface area contributed by atoms with Crippen LogP contribution in [0, 0.1) is 11.8 Å². The zero-order valence-electron chi connectivity index (χ0n) is 13.1. The fourth-order valence-corrected chi connectivity index (χ4v) is 2.94. The fourth-order valence-electron chi connectivity index (χ4n) is 2.48. The number of hydrogen-bond acceptors (Lipinski definition) is 2. The highest BCUT2D eigenvalue weighted by molar-refractivity contribution is 6.40. The van der Waals surface area contributed by atoms with E-state index < -0.39 is 0 Å². The van der Waals surface area contributed by atoms with Crippen molar-refractivity contribution in [1.82, 2.24) is 5.32 Å². The summed E-state index contributed by atoms with van der Waals surface area (Å²) >= 11 is 12.6. The van der Waals surface area contributed by atoms with Gasteiger partial charge in [-0.05, 0) is 36.9 Å². The Bertz CT molecular complexity index is 617. The fraction of sp³-hybridized carbons (Fsp3) is 0.529. The van der Waals surface area contributed by atoms with Crippen LogP contribution in [0.1, 0.15) is 39.0 Å². The average Bonchev–Trinajstić information content (AvgIpc) is 2.73. The first kappa shape index (κ1) is 16.7. The third-order valence-corrected chi connectivity index (χ3v) is 3.99. The van der Waals surface area contributed by atoms with Crippen LogP contribution >= 0.6 is 23.2 Å². The maximum Gasteiger partial charge on any atom is 0.154 e.